The molecule has 0 spiro atoms. The lowest BCUT2D eigenvalue weighted by Crippen LogP contribution is -2.46. The van der Waals surface area contributed by atoms with Crippen molar-refractivity contribution in [3.63, 3.8) is 0 Å². The van der Waals surface area contributed by atoms with E-state index in [9.17, 15) is 4.79 Å². The predicted octanol–water partition coefficient (Wildman–Crippen LogP) is 3.05. The molecular formula is C18H30N4O. The molecule has 2 rings (SSSR count). The number of rotatable bonds is 6. The van der Waals surface area contributed by atoms with Gasteiger partial charge in [-0.3, -0.25) is 9.88 Å². The first-order valence-electron chi connectivity index (χ1n) is 8.79. The number of nitrogens with one attached hydrogen (secondary N) is 1. The molecule has 1 N–H and O–H groups in total. The van der Waals surface area contributed by atoms with E-state index in [0.29, 0.717) is 12.6 Å². The summed E-state index contributed by atoms with van der Waals surface area (Å²) in [7, 11) is 1.82. The van der Waals surface area contributed by atoms with Gasteiger partial charge in [0.15, 0.2) is 0 Å². The maximum Gasteiger partial charge on any atom is 0.317 e. The van der Waals surface area contributed by atoms with Crippen molar-refractivity contribution in [1.29, 1.82) is 0 Å². The fourth-order valence-corrected chi connectivity index (χ4v) is 3.25. The van der Waals surface area contributed by atoms with Crippen LogP contribution in [0.5, 0.6) is 0 Å². The summed E-state index contributed by atoms with van der Waals surface area (Å²) < 4.78 is 0. The van der Waals surface area contributed by atoms with Crippen molar-refractivity contribution in [1.82, 2.24) is 20.1 Å². The lowest BCUT2D eigenvalue weighted by molar-refractivity contribution is 0.142. The number of pyridine rings is 1. The van der Waals surface area contributed by atoms with Crippen molar-refractivity contribution >= 4 is 6.03 Å². The number of aromatic nitrogens is 1. The molecule has 5 heteroatoms. The molecule has 0 aliphatic carbocycles. The molecule has 2 heterocycles. The second-order valence-electron chi connectivity index (χ2n) is 6.37. The summed E-state index contributed by atoms with van der Waals surface area (Å²) in [5.41, 5.74) is 0.909. The Hall–Kier alpha value is -1.62. The third-order valence-electron chi connectivity index (χ3n) is 4.91. The summed E-state index contributed by atoms with van der Waals surface area (Å²) in [4.78, 5) is 20.9. The summed E-state index contributed by atoms with van der Waals surface area (Å²) in [6.45, 7) is 7.06. The van der Waals surface area contributed by atoms with Crippen LogP contribution in [0.3, 0.4) is 0 Å². The predicted molar refractivity (Wildman–Crippen MR) is 93.3 cm³/mol. The van der Waals surface area contributed by atoms with Crippen LogP contribution in [0.15, 0.2) is 24.4 Å². The minimum absolute atomic E-state index is 0.0328. The summed E-state index contributed by atoms with van der Waals surface area (Å²) in [5, 5.41) is 3.04. The number of hydrogen-bond acceptors (Lipinski definition) is 3. The SMILES string of the molecule is CCC1CCCCN1CCNC(=O)N(C)C(C)c1ccccn1. The highest BCUT2D eigenvalue weighted by atomic mass is 16.2. The lowest BCUT2D eigenvalue weighted by Gasteiger charge is -2.35. The van der Waals surface area contributed by atoms with E-state index >= 15 is 0 Å². The van der Waals surface area contributed by atoms with Gasteiger partial charge in [-0.25, -0.2) is 4.79 Å². The summed E-state index contributed by atoms with van der Waals surface area (Å²) in [6, 6.07) is 6.41. The van der Waals surface area contributed by atoms with E-state index in [1.165, 1.54) is 25.7 Å². The number of urea groups is 1. The van der Waals surface area contributed by atoms with Crippen molar-refractivity contribution in [2.75, 3.05) is 26.7 Å². The van der Waals surface area contributed by atoms with Gasteiger partial charge in [-0.2, -0.15) is 0 Å². The molecule has 5 nitrogen and oxygen atoms in total. The van der Waals surface area contributed by atoms with Gasteiger partial charge in [-0.15, -0.1) is 0 Å². The lowest BCUT2D eigenvalue weighted by atomic mass is 10.0. The molecule has 0 aromatic carbocycles. The van der Waals surface area contributed by atoms with Gasteiger partial charge < -0.3 is 10.2 Å². The van der Waals surface area contributed by atoms with Gasteiger partial charge in [0.25, 0.3) is 0 Å². The van der Waals surface area contributed by atoms with Crippen LogP contribution in [-0.4, -0.2) is 53.5 Å². The molecule has 0 radical (unpaired) electrons. The zero-order valence-electron chi connectivity index (χ0n) is 14.7. The number of hydrogen-bond donors (Lipinski definition) is 1. The average Bonchev–Trinajstić information content (AvgIpc) is 2.61. The third kappa shape index (κ3) is 4.93. The van der Waals surface area contributed by atoms with E-state index in [2.05, 4.69) is 22.1 Å². The number of amides is 2. The zero-order valence-corrected chi connectivity index (χ0v) is 14.7. The topological polar surface area (TPSA) is 48.5 Å². The van der Waals surface area contributed by atoms with Crippen LogP contribution in [0, 0.1) is 0 Å². The normalized spacial score (nSPS) is 20.0. The average molecular weight is 318 g/mol. The molecule has 1 fully saturated rings. The molecule has 128 valence electrons. The van der Waals surface area contributed by atoms with Crippen LogP contribution in [-0.2, 0) is 0 Å². The van der Waals surface area contributed by atoms with Crippen molar-refractivity contribution in [3.8, 4) is 0 Å². The molecule has 0 saturated carbocycles. The smallest absolute Gasteiger partial charge is 0.317 e. The van der Waals surface area contributed by atoms with E-state index in [4.69, 9.17) is 0 Å². The number of carbonyl (C=O) groups is 1. The quantitative estimate of drug-likeness (QED) is 0.877. The Balaban J connectivity index is 1.77. The minimum Gasteiger partial charge on any atom is -0.337 e. The zero-order chi connectivity index (χ0) is 16.7. The Morgan fingerprint density at radius 3 is 3.00 bits per heavy atom. The first-order valence-corrected chi connectivity index (χ1v) is 8.79. The molecule has 2 atom stereocenters. The van der Waals surface area contributed by atoms with E-state index in [1.54, 1.807) is 11.1 Å². The van der Waals surface area contributed by atoms with Gasteiger partial charge in [0.1, 0.15) is 0 Å². The maximum absolute atomic E-state index is 12.3. The molecule has 1 aromatic rings. The van der Waals surface area contributed by atoms with Crippen LogP contribution in [0.25, 0.3) is 0 Å². The van der Waals surface area contributed by atoms with E-state index in [0.717, 1.165) is 18.8 Å². The van der Waals surface area contributed by atoms with Crippen LogP contribution < -0.4 is 5.32 Å². The van der Waals surface area contributed by atoms with Crippen LogP contribution in [0.2, 0.25) is 0 Å². The molecule has 2 amide bonds. The Labute approximate surface area is 140 Å². The van der Waals surface area contributed by atoms with Crippen molar-refractivity contribution in [3.05, 3.63) is 30.1 Å². The summed E-state index contributed by atoms with van der Waals surface area (Å²) >= 11 is 0. The number of piperidine rings is 1. The second-order valence-corrected chi connectivity index (χ2v) is 6.37. The monoisotopic (exact) mass is 318 g/mol. The van der Waals surface area contributed by atoms with Crippen molar-refractivity contribution in [2.24, 2.45) is 0 Å². The van der Waals surface area contributed by atoms with E-state index < -0.39 is 0 Å². The second kappa shape index (κ2) is 8.87. The fourth-order valence-electron chi connectivity index (χ4n) is 3.25. The highest BCUT2D eigenvalue weighted by molar-refractivity contribution is 5.74. The van der Waals surface area contributed by atoms with Crippen LogP contribution in [0.1, 0.15) is 51.3 Å². The van der Waals surface area contributed by atoms with Gasteiger partial charge in [-0.1, -0.05) is 19.4 Å². The molecule has 1 aliphatic heterocycles. The number of nitrogens with zero attached hydrogens (tertiary/aromatic N) is 3. The number of carbonyl (C=O) groups excluding carboxylic acids is 1. The van der Waals surface area contributed by atoms with Gasteiger partial charge in [-0.05, 0) is 44.9 Å². The van der Waals surface area contributed by atoms with Gasteiger partial charge in [0.05, 0.1) is 11.7 Å². The molecule has 1 aliphatic rings. The molecule has 1 aromatic heterocycles. The first kappa shape index (κ1) is 17.7. The van der Waals surface area contributed by atoms with Gasteiger partial charge in [0.2, 0.25) is 0 Å². The van der Waals surface area contributed by atoms with Crippen LogP contribution in [0.4, 0.5) is 4.79 Å². The van der Waals surface area contributed by atoms with Crippen molar-refractivity contribution < 1.29 is 4.79 Å². The van der Waals surface area contributed by atoms with Crippen LogP contribution >= 0.6 is 0 Å². The summed E-state index contributed by atoms with van der Waals surface area (Å²) in [5.74, 6) is 0. The molecule has 2 unspecified atom stereocenters. The maximum atomic E-state index is 12.3. The molecular weight excluding hydrogens is 288 g/mol. The Morgan fingerprint density at radius 1 is 1.48 bits per heavy atom. The number of likely N-dealkylation sites (tertiary alicyclic amines) is 1. The van der Waals surface area contributed by atoms with Crippen molar-refractivity contribution in [2.45, 2.75) is 51.6 Å². The molecule has 0 bridgehead atoms. The largest absolute Gasteiger partial charge is 0.337 e. The Bertz CT molecular complexity index is 479. The standard InChI is InChI=1S/C18H30N4O/c1-4-16-9-6-8-13-22(16)14-12-20-18(23)21(3)15(2)17-10-5-7-11-19-17/h5,7,10-11,15-16H,4,6,8-9,12-14H2,1-3H3,(H,20,23). The molecule has 1 saturated heterocycles. The first-order chi connectivity index (χ1) is 11.1. The van der Waals surface area contributed by atoms with Gasteiger partial charge >= 0.3 is 6.03 Å². The third-order valence-corrected chi connectivity index (χ3v) is 4.91. The highest BCUT2D eigenvalue weighted by Crippen LogP contribution is 2.19. The Morgan fingerprint density at radius 2 is 2.30 bits per heavy atom. The van der Waals surface area contributed by atoms with E-state index in [-0.39, 0.29) is 12.1 Å². The Kier molecular flexibility index (Phi) is 6.84. The minimum atomic E-state index is -0.0341. The fraction of sp³-hybridized carbons (Fsp3) is 0.667. The highest BCUT2D eigenvalue weighted by Gasteiger charge is 2.21. The van der Waals surface area contributed by atoms with Gasteiger partial charge in [0, 0.05) is 32.4 Å². The molecule has 23 heavy (non-hydrogen) atoms. The van der Waals surface area contributed by atoms with E-state index in [1.807, 2.05) is 32.2 Å². The summed E-state index contributed by atoms with van der Waals surface area (Å²) in [6.07, 6.45) is 6.87.